The van der Waals surface area contributed by atoms with Crippen molar-refractivity contribution in [2.24, 2.45) is 5.14 Å². The summed E-state index contributed by atoms with van der Waals surface area (Å²) < 4.78 is 28.0. The van der Waals surface area contributed by atoms with E-state index in [0.717, 1.165) is 27.5 Å². The van der Waals surface area contributed by atoms with Crippen LogP contribution in [0.25, 0.3) is 6.08 Å². The standard InChI is InChI=1S/C15H25N3O4S2/c1-6-22-14(19)10-18(5)9-13(17(3)4)7-12-8-15(23-11(12)2)24(16,20)21/h7-8H,6,9-10H2,1-5H3,(H2,16,20,21)/b13-7-. The second-order valence-electron chi connectivity index (χ2n) is 5.63. The Morgan fingerprint density at radius 1 is 1.33 bits per heavy atom. The molecule has 0 aromatic carbocycles. The third-order valence-electron chi connectivity index (χ3n) is 3.25. The molecule has 0 fully saturated rings. The molecule has 0 saturated carbocycles. The van der Waals surface area contributed by atoms with Crippen molar-refractivity contribution in [1.82, 2.24) is 9.80 Å². The van der Waals surface area contributed by atoms with Crippen LogP contribution in [0.5, 0.6) is 0 Å². The van der Waals surface area contributed by atoms with E-state index in [2.05, 4.69) is 0 Å². The average molecular weight is 376 g/mol. The molecule has 0 saturated heterocycles. The van der Waals surface area contributed by atoms with E-state index in [1.165, 1.54) is 0 Å². The molecule has 1 heterocycles. The smallest absolute Gasteiger partial charge is 0.320 e. The monoisotopic (exact) mass is 375 g/mol. The molecule has 24 heavy (non-hydrogen) atoms. The number of sulfonamides is 1. The zero-order valence-electron chi connectivity index (χ0n) is 14.7. The number of ether oxygens (including phenoxy) is 1. The van der Waals surface area contributed by atoms with E-state index in [9.17, 15) is 13.2 Å². The molecule has 1 aromatic heterocycles. The highest BCUT2D eigenvalue weighted by molar-refractivity contribution is 7.91. The minimum absolute atomic E-state index is 0.143. The van der Waals surface area contributed by atoms with Crippen molar-refractivity contribution in [1.29, 1.82) is 0 Å². The first kappa shape index (κ1) is 20.6. The number of nitrogens with zero attached hydrogens (tertiary/aromatic N) is 2. The number of carbonyl (C=O) groups excluding carboxylic acids is 1. The van der Waals surface area contributed by atoms with Gasteiger partial charge in [0.25, 0.3) is 0 Å². The Hall–Kier alpha value is -1.42. The van der Waals surface area contributed by atoms with Gasteiger partial charge in [0.15, 0.2) is 0 Å². The Bertz CT molecular complexity index is 708. The summed E-state index contributed by atoms with van der Waals surface area (Å²) in [7, 11) is 1.91. The summed E-state index contributed by atoms with van der Waals surface area (Å²) in [5.74, 6) is -0.277. The van der Waals surface area contributed by atoms with Crippen LogP contribution in [0.3, 0.4) is 0 Å². The van der Waals surface area contributed by atoms with Crippen LogP contribution in [-0.4, -0.2) is 65.0 Å². The SMILES string of the molecule is CCOC(=O)CN(C)C/C(=C/c1cc(S(N)(=O)=O)sc1C)N(C)C. The quantitative estimate of drug-likeness (QED) is 0.684. The Balaban J connectivity index is 2.98. The van der Waals surface area contributed by atoms with Crippen molar-refractivity contribution in [3.63, 3.8) is 0 Å². The molecule has 136 valence electrons. The third-order valence-corrected chi connectivity index (χ3v) is 5.73. The largest absolute Gasteiger partial charge is 0.465 e. The van der Waals surface area contributed by atoms with E-state index in [1.54, 1.807) is 13.0 Å². The third kappa shape index (κ3) is 6.23. The Kier molecular flexibility index (Phi) is 7.40. The molecule has 0 atom stereocenters. The zero-order valence-corrected chi connectivity index (χ0v) is 16.3. The number of nitrogens with two attached hydrogens (primary N) is 1. The molecule has 0 aliphatic heterocycles. The van der Waals surface area contributed by atoms with Crippen molar-refractivity contribution in [2.45, 2.75) is 18.1 Å². The Morgan fingerprint density at radius 2 is 1.96 bits per heavy atom. The predicted molar refractivity (Wildman–Crippen MR) is 96.2 cm³/mol. The molecular formula is C15H25N3O4S2. The molecule has 0 spiro atoms. The van der Waals surface area contributed by atoms with E-state index in [-0.39, 0.29) is 16.7 Å². The fourth-order valence-corrected chi connectivity index (χ4v) is 3.86. The average Bonchev–Trinajstić information content (AvgIpc) is 2.79. The van der Waals surface area contributed by atoms with Crippen molar-refractivity contribution in [3.05, 3.63) is 22.2 Å². The molecule has 2 N–H and O–H groups in total. The predicted octanol–water partition coefficient (Wildman–Crippen LogP) is 1.10. The maximum Gasteiger partial charge on any atom is 0.320 e. The van der Waals surface area contributed by atoms with Gasteiger partial charge in [0.2, 0.25) is 10.0 Å². The molecule has 0 radical (unpaired) electrons. The Labute approximate surface area is 147 Å². The number of likely N-dealkylation sites (N-methyl/N-ethyl adjacent to an activating group) is 2. The van der Waals surface area contributed by atoms with Gasteiger partial charge < -0.3 is 9.64 Å². The summed E-state index contributed by atoms with van der Waals surface area (Å²) in [4.78, 5) is 16.2. The summed E-state index contributed by atoms with van der Waals surface area (Å²) in [6, 6.07) is 1.57. The van der Waals surface area contributed by atoms with E-state index in [4.69, 9.17) is 9.88 Å². The highest BCUT2D eigenvalue weighted by Gasteiger charge is 2.15. The van der Waals surface area contributed by atoms with Crippen LogP contribution >= 0.6 is 11.3 Å². The molecule has 1 rings (SSSR count). The van der Waals surface area contributed by atoms with Gasteiger partial charge in [-0.3, -0.25) is 9.69 Å². The number of aryl methyl sites for hydroxylation is 1. The van der Waals surface area contributed by atoms with Gasteiger partial charge >= 0.3 is 5.97 Å². The molecule has 0 aliphatic carbocycles. The van der Waals surface area contributed by atoms with Crippen LogP contribution < -0.4 is 5.14 Å². The lowest BCUT2D eigenvalue weighted by atomic mass is 10.2. The molecular weight excluding hydrogens is 350 g/mol. The fraction of sp³-hybridized carbons (Fsp3) is 0.533. The molecule has 9 heteroatoms. The lowest BCUT2D eigenvalue weighted by molar-refractivity contribution is -0.144. The van der Waals surface area contributed by atoms with E-state index < -0.39 is 10.0 Å². The first-order valence-corrected chi connectivity index (χ1v) is 9.76. The van der Waals surface area contributed by atoms with Crippen LogP contribution in [0, 0.1) is 6.92 Å². The number of rotatable bonds is 8. The number of primary sulfonamides is 1. The maximum atomic E-state index is 11.6. The van der Waals surface area contributed by atoms with Crippen molar-refractivity contribution in [3.8, 4) is 0 Å². The lowest BCUT2D eigenvalue weighted by Gasteiger charge is -2.23. The fourth-order valence-electron chi connectivity index (χ4n) is 2.01. The van der Waals surface area contributed by atoms with Gasteiger partial charge in [-0.2, -0.15) is 0 Å². The normalized spacial score (nSPS) is 12.5. The van der Waals surface area contributed by atoms with Gasteiger partial charge in [-0.25, -0.2) is 13.6 Å². The van der Waals surface area contributed by atoms with E-state index >= 15 is 0 Å². The van der Waals surface area contributed by atoms with Gasteiger partial charge in [0.1, 0.15) is 4.21 Å². The number of carbonyl (C=O) groups is 1. The summed E-state index contributed by atoms with van der Waals surface area (Å²) >= 11 is 1.15. The first-order chi connectivity index (χ1) is 11.0. The van der Waals surface area contributed by atoms with Gasteiger partial charge in [-0.1, -0.05) is 0 Å². The summed E-state index contributed by atoms with van der Waals surface area (Å²) in [6.07, 6.45) is 1.90. The molecule has 0 amide bonds. The molecule has 0 bridgehead atoms. The molecule has 0 aliphatic rings. The van der Waals surface area contributed by atoms with E-state index in [1.807, 2.05) is 43.9 Å². The summed E-state index contributed by atoms with van der Waals surface area (Å²) in [6.45, 7) is 4.68. The van der Waals surface area contributed by atoms with Crippen LogP contribution in [0.2, 0.25) is 0 Å². The highest BCUT2D eigenvalue weighted by Crippen LogP contribution is 2.27. The topological polar surface area (TPSA) is 92.9 Å². The maximum absolute atomic E-state index is 11.6. The zero-order chi connectivity index (χ0) is 18.5. The highest BCUT2D eigenvalue weighted by atomic mass is 32.2. The second-order valence-corrected chi connectivity index (χ2v) is 8.67. The van der Waals surface area contributed by atoms with Gasteiger partial charge in [0.05, 0.1) is 13.2 Å². The van der Waals surface area contributed by atoms with Crippen molar-refractivity contribution >= 4 is 33.4 Å². The van der Waals surface area contributed by atoms with Crippen LogP contribution in [-0.2, 0) is 19.6 Å². The lowest BCUT2D eigenvalue weighted by Crippen LogP contribution is -2.32. The van der Waals surface area contributed by atoms with Crippen LogP contribution in [0.4, 0.5) is 0 Å². The minimum Gasteiger partial charge on any atom is -0.465 e. The number of esters is 1. The number of thiophene rings is 1. The summed E-state index contributed by atoms with van der Waals surface area (Å²) in [5, 5.41) is 5.19. The second kappa shape index (κ2) is 8.61. The molecule has 7 nitrogen and oxygen atoms in total. The van der Waals surface area contributed by atoms with Gasteiger partial charge in [0, 0.05) is 31.2 Å². The van der Waals surface area contributed by atoms with Crippen LogP contribution in [0.15, 0.2) is 16.0 Å². The summed E-state index contributed by atoms with van der Waals surface area (Å²) in [5.41, 5.74) is 1.74. The van der Waals surface area contributed by atoms with Gasteiger partial charge in [-0.05, 0) is 38.6 Å². The van der Waals surface area contributed by atoms with Crippen molar-refractivity contribution < 1.29 is 17.9 Å². The van der Waals surface area contributed by atoms with Crippen molar-refractivity contribution in [2.75, 3.05) is 40.8 Å². The minimum atomic E-state index is -3.70. The van der Waals surface area contributed by atoms with E-state index in [0.29, 0.717) is 13.2 Å². The molecule has 0 unspecified atom stereocenters. The first-order valence-electron chi connectivity index (χ1n) is 7.39. The Morgan fingerprint density at radius 3 is 2.42 bits per heavy atom. The number of hydrogen-bond donors (Lipinski definition) is 1. The number of hydrogen-bond acceptors (Lipinski definition) is 7. The van der Waals surface area contributed by atoms with Crippen LogP contribution in [0.1, 0.15) is 17.4 Å². The van der Waals surface area contributed by atoms with Gasteiger partial charge in [-0.15, -0.1) is 11.3 Å². The molecule has 1 aromatic rings.